The molecule has 27 heavy (non-hydrogen) atoms. The maximum absolute atomic E-state index is 12.3. The number of para-hydroxylation sites is 1. The number of hydrogen-bond donors (Lipinski definition) is 1. The number of benzene rings is 2. The van der Waals surface area contributed by atoms with Gasteiger partial charge in [0.2, 0.25) is 0 Å². The summed E-state index contributed by atoms with van der Waals surface area (Å²) in [6, 6.07) is 11.5. The Kier molecular flexibility index (Phi) is 4.89. The van der Waals surface area contributed by atoms with E-state index in [-0.39, 0.29) is 5.69 Å². The first-order valence-corrected chi connectivity index (χ1v) is 8.13. The van der Waals surface area contributed by atoms with Crippen molar-refractivity contribution in [3.05, 3.63) is 69.9 Å². The topological polar surface area (TPSA) is 103 Å². The molecule has 1 N–H and O–H groups in total. The summed E-state index contributed by atoms with van der Waals surface area (Å²) < 4.78 is 6.92. The number of hydrogen-bond acceptors (Lipinski definition) is 5. The molecule has 3 rings (SSSR count). The van der Waals surface area contributed by atoms with Gasteiger partial charge < -0.3 is 14.6 Å². The highest BCUT2D eigenvalue weighted by Crippen LogP contribution is 2.22. The first-order valence-electron chi connectivity index (χ1n) is 8.13. The fourth-order valence-electron chi connectivity index (χ4n) is 2.80. The van der Waals surface area contributed by atoms with E-state index in [1.54, 1.807) is 13.1 Å². The SMILES string of the molecule is Cc1cc([N+](=O)[O-])ccc1NC(=O)COC(=O)c1cn(C)c2ccccc12. The number of amides is 1. The van der Waals surface area contributed by atoms with Crippen LogP contribution in [0.25, 0.3) is 10.9 Å². The number of nitrogens with one attached hydrogen (secondary N) is 1. The predicted octanol–water partition coefficient (Wildman–Crippen LogP) is 3.19. The Balaban J connectivity index is 1.65. The second-order valence-electron chi connectivity index (χ2n) is 6.05. The molecule has 8 heteroatoms. The summed E-state index contributed by atoms with van der Waals surface area (Å²) in [7, 11) is 1.82. The van der Waals surface area contributed by atoms with Crippen molar-refractivity contribution < 1.29 is 19.2 Å². The van der Waals surface area contributed by atoms with Gasteiger partial charge in [0.05, 0.1) is 10.5 Å². The highest BCUT2D eigenvalue weighted by molar-refractivity contribution is 6.05. The molecule has 0 aliphatic rings. The summed E-state index contributed by atoms with van der Waals surface area (Å²) in [6.07, 6.45) is 1.66. The Hall–Kier alpha value is -3.68. The van der Waals surface area contributed by atoms with Crippen molar-refractivity contribution in [1.29, 1.82) is 0 Å². The number of rotatable bonds is 5. The maximum Gasteiger partial charge on any atom is 0.340 e. The largest absolute Gasteiger partial charge is 0.452 e. The van der Waals surface area contributed by atoms with Crippen molar-refractivity contribution in [2.75, 3.05) is 11.9 Å². The Labute approximate surface area is 154 Å². The summed E-state index contributed by atoms with van der Waals surface area (Å²) in [5.41, 5.74) is 2.17. The molecule has 3 aromatic rings. The number of nitrogens with zero attached hydrogens (tertiary/aromatic N) is 2. The van der Waals surface area contributed by atoms with E-state index in [2.05, 4.69) is 5.32 Å². The first kappa shape index (κ1) is 18.1. The van der Waals surface area contributed by atoms with E-state index in [0.717, 1.165) is 10.9 Å². The fourth-order valence-corrected chi connectivity index (χ4v) is 2.80. The van der Waals surface area contributed by atoms with Crippen LogP contribution in [0.3, 0.4) is 0 Å². The maximum atomic E-state index is 12.3. The Morgan fingerprint density at radius 2 is 1.96 bits per heavy atom. The number of carbonyl (C=O) groups is 2. The number of aromatic nitrogens is 1. The number of anilines is 1. The lowest BCUT2D eigenvalue weighted by atomic mass is 10.2. The lowest BCUT2D eigenvalue weighted by Crippen LogP contribution is -2.21. The van der Waals surface area contributed by atoms with Crippen LogP contribution >= 0.6 is 0 Å². The normalized spacial score (nSPS) is 10.6. The summed E-state index contributed by atoms with van der Waals surface area (Å²) in [4.78, 5) is 34.6. The zero-order valence-electron chi connectivity index (χ0n) is 14.8. The van der Waals surface area contributed by atoms with Crippen LogP contribution in [0.5, 0.6) is 0 Å². The average Bonchev–Trinajstić information content (AvgIpc) is 2.98. The molecule has 0 saturated heterocycles. The molecule has 1 aromatic heterocycles. The van der Waals surface area contributed by atoms with E-state index in [9.17, 15) is 19.7 Å². The van der Waals surface area contributed by atoms with Crippen molar-refractivity contribution >= 4 is 34.2 Å². The van der Waals surface area contributed by atoms with Gasteiger partial charge in [-0.15, -0.1) is 0 Å². The van der Waals surface area contributed by atoms with Gasteiger partial charge in [-0.25, -0.2) is 4.79 Å². The zero-order valence-corrected chi connectivity index (χ0v) is 14.8. The lowest BCUT2D eigenvalue weighted by molar-refractivity contribution is -0.384. The Morgan fingerprint density at radius 1 is 1.22 bits per heavy atom. The van der Waals surface area contributed by atoms with Crippen molar-refractivity contribution in [1.82, 2.24) is 4.57 Å². The zero-order chi connectivity index (χ0) is 19.6. The van der Waals surface area contributed by atoms with Crippen LogP contribution in [-0.4, -0.2) is 28.0 Å². The van der Waals surface area contributed by atoms with Crippen LogP contribution in [0, 0.1) is 17.0 Å². The number of aryl methyl sites for hydroxylation is 2. The van der Waals surface area contributed by atoms with Gasteiger partial charge in [0.1, 0.15) is 0 Å². The molecule has 2 aromatic carbocycles. The summed E-state index contributed by atoms with van der Waals surface area (Å²) in [5, 5.41) is 14.1. The highest BCUT2D eigenvalue weighted by atomic mass is 16.6. The van der Waals surface area contributed by atoms with Crippen LogP contribution in [0.1, 0.15) is 15.9 Å². The molecule has 0 unspecified atom stereocenters. The molecule has 138 valence electrons. The number of nitro groups is 1. The standard InChI is InChI=1S/C19H17N3O5/c1-12-9-13(22(25)26)7-8-16(12)20-18(23)11-27-19(24)15-10-21(2)17-6-4-3-5-14(15)17/h3-10H,11H2,1-2H3,(H,20,23). The highest BCUT2D eigenvalue weighted by Gasteiger charge is 2.17. The van der Waals surface area contributed by atoms with Gasteiger partial charge in [-0.05, 0) is 24.6 Å². The minimum atomic E-state index is -0.595. The average molecular weight is 367 g/mol. The van der Waals surface area contributed by atoms with Gasteiger partial charge in [0.25, 0.3) is 11.6 Å². The van der Waals surface area contributed by atoms with Gasteiger partial charge in [0.15, 0.2) is 6.61 Å². The van der Waals surface area contributed by atoms with E-state index in [4.69, 9.17) is 4.74 Å². The van der Waals surface area contributed by atoms with Crippen LogP contribution in [0.15, 0.2) is 48.7 Å². The van der Waals surface area contributed by atoms with Crippen LogP contribution in [0.2, 0.25) is 0 Å². The predicted molar refractivity (Wildman–Crippen MR) is 99.7 cm³/mol. The summed E-state index contributed by atoms with van der Waals surface area (Å²) in [6.45, 7) is 1.18. The minimum absolute atomic E-state index is 0.0621. The molecule has 1 heterocycles. The number of carbonyl (C=O) groups excluding carboxylic acids is 2. The molecular formula is C19H17N3O5. The molecule has 0 bridgehead atoms. The van der Waals surface area contributed by atoms with E-state index in [1.165, 1.54) is 18.2 Å². The Morgan fingerprint density at radius 3 is 2.67 bits per heavy atom. The van der Waals surface area contributed by atoms with Crippen LogP contribution < -0.4 is 5.32 Å². The van der Waals surface area contributed by atoms with Gasteiger partial charge in [-0.2, -0.15) is 0 Å². The van der Waals surface area contributed by atoms with Crippen molar-refractivity contribution in [2.45, 2.75) is 6.92 Å². The first-order chi connectivity index (χ1) is 12.9. The number of ether oxygens (including phenoxy) is 1. The van der Waals surface area contributed by atoms with Gasteiger partial charge >= 0.3 is 5.97 Å². The van der Waals surface area contributed by atoms with Crippen molar-refractivity contribution in [3.63, 3.8) is 0 Å². The van der Waals surface area contributed by atoms with Crippen molar-refractivity contribution in [2.24, 2.45) is 7.05 Å². The Bertz CT molecular complexity index is 1050. The monoisotopic (exact) mass is 367 g/mol. The summed E-state index contributed by atoms with van der Waals surface area (Å²) >= 11 is 0. The summed E-state index contributed by atoms with van der Waals surface area (Å²) in [5.74, 6) is -1.12. The van der Waals surface area contributed by atoms with E-state index in [1.807, 2.05) is 35.9 Å². The van der Waals surface area contributed by atoms with Gasteiger partial charge in [-0.3, -0.25) is 14.9 Å². The molecule has 0 radical (unpaired) electrons. The van der Waals surface area contributed by atoms with E-state index >= 15 is 0 Å². The molecular weight excluding hydrogens is 350 g/mol. The van der Waals surface area contributed by atoms with Crippen molar-refractivity contribution in [3.8, 4) is 0 Å². The van der Waals surface area contributed by atoms with E-state index < -0.39 is 23.4 Å². The molecule has 0 saturated carbocycles. The van der Waals surface area contributed by atoms with Gasteiger partial charge in [0, 0.05) is 42.0 Å². The second-order valence-corrected chi connectivity index (χ2v) is 6.05. The molecule has 0 spiro atoms. The molecule has 0 fully saturated rings. The molecule has 0 aliphatic heterocycles. The number of non-ortho nitro benzene ring substituents is 1. The number of nitro benzene ring substituents is 1. The lowest BCUT2D eigenvalue weighted by Gasteiger charge is -2.08. The third-order valence-electron chi connectivity index (χ3n) is 4.15. The fraction of sp³-hybridized carbons (Fsp3) is 0.158. The third-order valence-corrected chi connectivity index (χ3v) is 4.15. The second kappa shape index (κ2) is 7.28. The number of fused-ring (bicyclic) bond motifs is 1. The minimum Gasteiger partial charge on any atom is -0.452 e. The molecule has 0 aliphatic carbocycles. The van der Waals surface area contributed by atoms with Crippen LogP contribution in [0.4, 0.5) is 11.4 Å². The molecule has 8 nitrogen and oxygen atoms in total. The smallest absolute Gasteiger partial charge is 0.340 e. The van der Waals surface area contributed by atoms with Gasteiger partial charge in [-0.1, -0.05) is 18.2 Å². The van der Waals surface area contributed by atoms with E-state index in [0.29, 0.717) is 16.8 Å². The molecule has 0 atom stereocenters. The molecule has 1 amide bonds. The quantitative estimate of drug-likeness (QED) is 0.424. The van der Waals surface area contributed by atoms with Crippen LogP contribution in [-0.2, 0) is 16.6 Å². The number of esters is 1. The third kappa shape index (κ3) is 3.79.